The normalized spacial score (nSPS) is 9.86. The summed E-state index contributed by atoms with van der Waals surface area (Å²) in [6.45, 7) is 0.219. The first-order valence-electron chi connectivity index (χ1n) is 4.28. The Labute approximate surface area is 81.5 Å². The van der Waals surface area contributed by atoms with Crippen molar-refractivity contribution in [3.8, 4) is 0 Å². The fraction of sp³-hybridized carbons (Fsp3) is 0.333. The molecule has 1 heterocycles. The maximum atomic E-state index is 11.6. The Kier molecular flexibility index (Phi) is 3.41. The summed E-state index contributed by atoms with van der Waals surface area (Å²) in [5.74, 6) is -0.207. The van der Waals surface area contributed by atoms with Crippen molar-refractivity contribution in [2.45, 2.75) is 13.1 Å². The molecule has 0 unspecified atom stereocenters. The molecule has 0 bridgehead atoms. The van der Waals surface area contributed by atoms with E-state index in [1.54, 1.807) is 18.3 Å². The summed E-state index contributed by atoms with van der Waals surface area (Å²) in [6.07, 6.45) is 1.57. The molecule has 5 nitrogen and oxygen atoms in total. The van der Waals surface area contributed by atoms with Crippen LogP contribution in [0.5, 0.6) is 0 Å². The van der Waals surface area contributed by atoms with E-state index in [-0.39, 0.29) is 24.6 Å². The monoisotopic (exact) mass is 195 g/mol. The molecular formula is C9H13N3O2. The molecule has 14 heavy (non-hydrogen) atoms. The van der Waals surface area contributed by atoms with E-state index in [9.17, 15) is 9.59 Å². The molecule has 76 valence electrons. The Hall–Kier alpha value is -1.62. The second-order valence-electron chi connectivity index (χ2n) is 2.84. The summed E-state index contributed by atoms with van der Waals surface area (Å²) in [6, 6.07) is 3.36. The smallest absolute Gasteiger partial charge is 0.255 e. The van der Waals surface area contributed by atoms with Crippen molar-refractivity contribution in [2.24, 2.45) is 5.73 Å². The third-order valence-electron chi connectivity index (χ3n) is 1.91. The molecule has 0 saturated carbocycles. The minimum atomic E-state index is -0.210. The van der Waals surface area contributed by atoms with Crippen molar-refractivity contribution < 1.29 is 4.79 Å². The molecule has 1 aromatic rings. The standard InChI is InChI=1S/C9H13N3O2/c1-11-8(13)6-12-4-2-3-7(5-10)9(12)14/h2-4H,5-6,10H2,1H3,(H,11,13). The summed E-state index contributed by atoms with van der Waals surface area (Å²) in [7, 11) is 1.53. The molecule has 1 aromatic heterocycles. The van der Waals surface area contributed by atoms with E-state index in [1.807, 2.05) is 0 Å². The predicted octanol–water partition coefficient (Wildman–Crippen LogP) is -0.947. The number of hydrogen-bond donors (Lipinski definition) is 2. The minimum absolute atomic E-state index is 0.0309. The molecule has 0 spiro atoms. The first-order chi connectivity index (χ1) is 6.69. The van der Waals surface area contributed by atoms with Crippen molar-refractivity contribution in [1.29, 1.82) is 0 Å². The fourth-order valence-corrected chi connectivity index (χ4v) is 1.10. The number of nitrogens with two attached hydrogens (primary N) is 1. The van der Waals surface area contributed by atoms with Gasteiger partial charge in [0.1, 0.15) is 6.54 Å². The average Bonchev–Trinajstić information content (AvgIpc) is 2.21. The van der Waals surface area contributed by atoms with E-state index in [1.165, 1.54) is 11.6 Å². The summed E-state index contributed by atoms with van der Waals surface area (Å²) in [5.41, 5.74) is 5.67. The zero-order valence-corrected chi connectivity index (χ0v) is 7.99. The molecule has 0 aliphatic carbocycles. The molecule has 0 fully saturated rings. The lowest BCUT2D eigenvalue weighted by Gasteiger charge is -2.05. The lowest BCUT2D eigenvalue weighted by molar-refractivity contribution is -0.121. The van der Waals surface area contributed by atoms with Crippen molar-refractivity contribution in [3.05, 3.63) is 34.2 Å². The average molecular weight is 195 g/mol. The zero-order chi connectivity index (χ0) is 10.6. The van der Waals surface area contributed by atoms with Crippen molar-refractivity contribution >= 4 is 5.91 Å². The van der Waals surface area contributed by atoms with Crippen LogP contribution in [0.25, 0.3) is 0 Å². The van der Waals surface area contributed by atoms with Gasteiger partial charge in [0.2, 0.25) is 5.91 Å². The highest BCUT2D eigenvalue weighted by atomic mass is 16.2. The van der Waals surface area contributed by atoms with Gasteiger partial charge in [0, 0.05) is 25.4 Å². The van der Waals surface area contributed by atoms with Gasteiger partial charge in [-0.05, 0) is 6.07 Å². The van der Waals surface area contributed by atoms with Crippen LogP contribution in [0.2, 0.25) is 0 Å². The number of amides is 1. The van der Waals surface area contributed by atoms with Gasteiger partial charge >= 0.3 is 0 Å². The maximum Gasteiger partial charge on any atom is 0.255 e. The maximum absolute atomic E-state index is 11.6. The van der Waals surface area contributed by atoms with Gasteiger partial charge in [0.15, 0.2) is 0 Å². The number of nitrogens with zero attached hydrogens (tertiary/aromatic N) is 1. The number of aromatic nitrogens is 1. The Bertz CT molecular complexity index is 384. The van der Waals surface area contributed by atoms with Crippen LogP contribution in [-0.2, 0) is 17.9 Å². The Morgan fingerprint density at radius 2 is 2.36 bits per heavy atom. The third-order valence-corrected chi connectivity index (χ3v) is 1.91. The minimum Gasteiger partial charge on any atom is -0.358 e. The number of pyridine rings is 1. The highest BCUT2D eigenvalue weighted by molar-refractivity contribution is 5.75. The summed E-state index contributed by atoms with van der Waals surface area (Å²) >= 11 is 0. The lowest BCUT2D eigenvalue weighted by atomic mass is 10.3. The summed E-state index contributed by atoms with van der Waals surface area (Å²) in [4.78, 5) is 22.6. The molecular weight excluding hydrogens is 182 g/mol. The highest BCUT2D eigenvalue weighted by Crippen LogP contribution is 1.90. The van der Waals surface area contributed by atoms with Crippen LogP contribution in [0.3, 0.4) is 0 Å². The molecule has 0 radical (unpaired) electrons. The van der Waals surface area contributed by atoms with Crippen LogP contribution < -0.4 is 16.6 Å². The molecule has 3 N–H and O–H groups in total. The van der Waals surface area contributed by atoms with E-state index in [4.69, 9.17) is 5.73 Å². The van der Waals surface area contributed by atoms with Crippen LogP contribution >= 0.6 is 0 Å². The van der Waals surface area contributed by atoms with Gasteiger partial charge in [-0.25, -0.2) is 0 Å². The Balaban J connectivity index is 2.98. The Morgan fingerprint density at radius 1 is 1.64 bits per heavy atom. The van der Waals surface area contributed by atoms with E-state index in [0.29, 0.717) is 5.56 Å². The third kappa shape index (κ3) is 2.20. The second-order valence-corrected chi connectivity index (χ2v) is 2.84. The van der Waals surface area contributed by atoms with E-state index in [2.05, 4.69) is 5.32 Å². The topological polar surface area (TPSA) is 77.1 Å². The van der Waals surface area contributed by atoms with Crippen LogP contribution in [0.4, 0.5) is 0 Å². The van der Waals surface area contributed by atoms with Gasteiger partial charge in [0.25, 0.3) is 5.56 Å². The Morgan fingerprint density at radius 3 is 2.93 bits per heavy atom. The van der Waals surface area contributed by atoms with Crippen LogP contribution in [-0.4, -0.2) is 17.5 Å². The largest absolute Gasteiger partial charge is 0.358 e. The van der Waals surface area contributed by atoms with Gasteiger partial charge in [-0.3, -0.25) is 9.59 Å². The first kappa shape index (κ1) is 10.5. The van der Waals surface area contributed by atoms with Gasteiger partial charge in [-0.2, -0.15) is 0 Å². The highest BCUT2D eigenvalue weighted by Gasteiger charge is 2.04. The molecule has 0 aliphatic rings. The van der Waals surface area contributed by atoms with E-state index >= 15 is 0 Å². The van der Waals surface area contributed by atoms with Gasteiger partial charge in [-0.1, -0.05) is 6.07 Å². The molecule has 0 saturated heterocycles. The predicted molar refractivity (Wildman–Crippen MR) is 52.7 cm³/mol. The van der Waals surface area contributed by atoms with Crippen LogP contribution in [0, 0.1) is 0 Å². The van der Waals surface area contributed by atoms with Gasteiger partial charge in [0.05, 0.1) is 0 Å². The fourth-order valence-electron chi connectivity index (χ4n) is 1.10. The molecule has 5 heteroatoms. The van der Waals surface area contributed by atoms with Gasteiger partial charge < -0.3 is 15.6 Å². The van der Waals surface area contributed by atoms with Crippen LogP contribution in [0.15, 0.2) is 23.1 Å². The number of rotatable bonds is 3. The quantitative estimate of drug-likeness (QED) is 0.653. The van der Waals surface area contributed by atoms with E-state index in [0.717, 1.165) is 0 Å². The van der Waals surface area contributed by atoms with Crippen molar-refractivity contribution in [2.75, 3.05) is 7.05 Å². The zero-order valence-electron chi connectivity index (χ0n) is 7.99. The molecule has 1 amide bonds. The molecule has 0 aliphatic heterocycles. The van der Waals surface area contributed by atoms with Crippen molar-refractivity contribution in [3.63, 3.8) is 0 Å². The van der Waals surface area contributed by atoms with Crippen molar-refractivity contribution in [1.82, 2.24) is 9.88 Å². The number of hydrogen-bond acceptors (Lipinski definition) is 3. The summed E-state index contributed by atoms with van der Waals surface area (Å²) in [5, 5.41) is 2.45. The SMILES string of the molecule is CNC(=O)Cn1cccc(CN)c1=O. The number of carbonyl (C=O) groups is 1. The number of carbonyl (C=O) groups excluding carboxylic acids is 1. The number of nitrogens with one attached hydrogen (secondary N) is 1. The van der Waals surface area contributed by atoms with Gasteiger partial charge in [-0.15, -0.1) is 0 Å². The molecule has 1 rings (SSSR count). The number of likely N-dealkylation sites (N-methyl/N-ethyl adjacent to an activating group) is 1. The summed E-state index contributed by atoms with van der Waals surface area (Å²) < 4.78 is 1.33. The molecule has 0 aromatic carbocycles. The first-order valence-corrected chi connectivity index (χ1v) is 4.28. The van der Waals surface area contributed by atoms with Crippen LogP contribution in [0.1, 0.15) is 5.56 Å². The molecule has 0 atom stereocenters. The van der Waals surface area contributed by atoms with E-state index < -0.39 is 0 Å². The second kappa shape index (κ2) is 4.57. The lowest BCUT2D eigenvalue weighted by Crippen LogP contribution is -2.31.